The number of rotatable bonds is 7. The van der Waals surface area contributed by atoms with E-state index in [1.165, 1.54) is 6.42 Å². The Morgan fingerprint density at radius 1 is 1.18 bits per heavy atom. The molecular weight excluding hydrogens is 430 g/mol. The van der Waals surface area contributed by atoms with Crippen LogP contribution < -0.4 is 15.0 Å². The first-order chi connectivity index (χ1) is 16.1. The Hall–Kier alpha value is -2.74. The van der Waals surface area contributed by atoms with E-state index in [0.717, 1.165) is 62.0 Å². The number of carbonyl (C=O) groups is 1. The van der Waals surface area contributed by atoms with E-state index >= 15 is 0 Å². The maximum absolute atomic E-state index is 12.5. The SMILES string of the molecule is CN(CC(=O)NC(C)(C)C)c1nc(-c2cc(OCC3(O)CCCCC3)ccn2)nc2c1CCC2. The number of hydrogen-bond acceptors (Lipinski definition) is 7. The Labute approximate surface area is 202 Å². The molecule has 4 rings (SSSR count). The van der Waals surface area contributed by atoms with Gasteiger partial charge in [-0.2, -0.15) is 0 Å². The van der Waals surface area contributed by atoms with Crippen LogP contribution in [0.2, 0.25) is 0 Å². The minimum Gasteiger partial charge on any atom is -0.490 e. The maximum Gasteiger partial charge on any atom is 0.239 e. The molecule has 1 fully saturated rings. The number of nitrogens with zero attached hydrogens (tertiary/aromatic N) is 4. The molecule has 2 aliphatic rings. The Balaban J connectivity index is 1.54. The van der Waals surface area contributed by atoms with E-state index in [1.54, 1.807) is 12.3 Å². The summed E-state index contributed by atoms with van der Waals surface area (Å²) in [5, 5.41) is 13.8. The fraction of sp³-hybridized carbons (Fsp3) is 0.615. The zero-order chi connectivity index (χ0) is 24.3. The normalized spacial score (nSPS) is 17.2. The summed E-state index contributed by atoms with van der Waals surface area (Å²) in [5.74, 6) is 1.91. The molecule has 184 valence electrons. The molecule has 2 aromatic heterocycles. The van der Waals surface area contributed by atoms with E-state index < -0.39 is 5.60 Å². The van der Waals surface area contributed by atoms with E-state index in [2.05, 4.69) is 10.3 Å². The molecule has 1 amide bonds. The van der Waals surface area contributed by atoms with E-state index in [1.807, 2.05) is 38.8 Å². The molecular formula is C26H37N5O3. The molecule has 34 heavy (non-hydrogen) atoms. The van der Waals surface area contributed by atoms with Gasteiger partial charge in [0.2, 0.25) is 5.91 Å². The molecule has 0 unspecified atom stereocenters. The summed E-state index contributed by atoms with van der Waals surface area (Å²) in [7, 11) is 1.89. The second-order valence-electron chi connectivity index (χ2n) is 10.8. The Bertz CT molecular complexity index is 1030. The van der Waals surface area contributed by atoms with Crippen LogP contribution in [0.25, 0.3) is 11.5 Å². The zero-order valence-electron chi connectivity index (χ0n) is 20.9. The van der Waals surface area contributed by atoms with Gasteiger partial charge in [-0.15, -0.1) is 0 Å². The first-order valence-electron chi connectivity index (χ1n) is 12.4. The lowest BCUT2D eigenvalue weighted by molar-refractivity contribution is -0.121. The highest BCUT2D eigenvalue weighted by Crippen LogP contribution is 2.32. The first-order valence-corrected chi connectivity index (χ1v) is 12.4. The minimum atomic E-state index is -0.755. The van der Waals surface area contributed by atoms with Crippen molar-refractivity contribution < 1.29 is 14.6 Å². The van der Waals surface area contributed by atoms with Crippen LogP contribution in [0.4, 0.5) is 5.82 Å². The van der Waals surface area contributed by atoms with Crippen LogP contribution in [-0.4, -0.2) is 57.3 Å². The number of likely N-dealkylation sites (N-methyl/N-ethyl adjacent to an activating group) is 1. The van der Waals surface area contributed by atoms with Crippen LogP contribution in [0.3, 0.4) is 0 Å². The van der Waals surface area contributed by atoms with Crippen LogP contribution in [-0.2, 0) is 17.6 Å². The molecule has 1 saturated carbocycles. The molecule has 2 aromatic rings. The van der Waals surface area contributed by atoms with Crippen LogP contribution in [0, 0.1) is 0 Å². The molecule has 2 aliphatic carbocycles. The number of aryl methyl sites for hydroxylation is 1. The van der Waals surface area contributed by atoms with Gasteiger partial charge in [-0.25, -0.2) is 9.97 Å². The van der Waals surface area contributed by atoms with Crippen molar-refractivity contribution in [2.24, 2.45) is 0 Å². The molecule has 0 atom stereocenters. The number of carbonyl (C=O) groups excluding carboxylic acids is 1. The van der Waals surface area contributed by atoms with Crippen LogP contribution in [0.5, 0.6) is 5.75 Å². The van der Waals surface area contributed by atoms with Gasteiger partial charge < -0.3 is 20.1 Å². The van der Waals surface area contributed by atoms with Crippen molar-refractivity contribution in [1.29, 1.82) is 0 Å². The summed E-state index contributed by atoms with van der Waals surface area (Å²) in [6.45, 7) is 6.41. The van der Waals surface area contributed by atoms with Crippen molar-refractivity contribution in [2.75, 3.05) is 25.1 Å². The number of amides is 1. The van der Waals surface area contributed by atoms with E-state index in [9.17, 15) is 9.90 Å². The smallest absolute Gasteiger partial charge is 0.239 e. The second kappa shape index (κ2) is 9.86. The highest BCUT2D eigenvalue weighted by atomic mass is 16.5. The monoisotopic (exact) mass is 467 g/mol. The molecule has 0 saturated heterocycles. The summed E-state index contributed by atoms with van der Waals surface area (Å²) in [6.07, 6.45) is 9.31. The molecule has 8 heteroatoms. The van der Waals surface area contributed by atoms with Gasteiger partial charge in [-0.1, -0.05) is 19.3 Å². The van der Waals surface area contributed by atoms with Gasteiger partial charge in [-0.05, 0) is 58.9 Å². The summed E-state index contributed by atoms with van der Waals surface area (Å²) < 4.78 is 5.97. The van der Waals surface area contributed by atoms with E-state index in [4.69, 9.17) is 14.7 Å². The lowest BCUT2D eigenvalue weighted by atomic mass is 9.85. The second-order valence-corrected chi connectivity index (χ2v) is 10.8. The number of aromatic nitrogens is 3. The number of pyridine rings is 1. The van der Waals surface area contributed by atoms with Gasteiger partial charge in [0, 0.05) is 36.1 Å². The topological polar surface area (TPSA) is 100 Å². The number of aliphatic hydroxyl groups is 1. The summed E-state index contributed by atoms with van der Waals surface area (Å²) >= 11 is 0. The third-order valence-corrected chi connectivity index (χ3v) is 6.42. The number of nitrogens with one attached hydrogen (secondary N) is 1. The van der Waals surface area contributed by atoms with E-state index in [-0.39, 0.29) is 24.6 Å². The van der Waals surface area contributed by atoms with Crippen LogP contribution >= 0.6 is 0 Å². The number of anilines is 1. The molecule has 0 aromatic carbocycles. The van der Waals surface area contributed by atoms with Gasteiger partial charge in [-0.3, -0.25) is 9.78 Å². The first kappa shape index (κ1) is 24.4. The largest absolute Gasteiger partial charge is 0.490 e. The quantitative estimate of drug-likeness (QED) is 0.643. The fourth-order valence-electron chi connectivity index (χ4n) is 4.79. The summed E-state index contributed by atoms with van der Waals surface area (Å²) in [5.41, 5.74) is 1.72. The molecule has 0 aliphatic heterocycles. The Morgan fingerprint density at radius 2 is 1.94 bits per heavy atom. The fourth-order valence-corrected chi connectivity index (χ4v) is 4.79. The lowest BCUT2D eigenvalue weighted by Gasteiger charge is -2.31. The summed E-state index contributed by atoms with van der Waals surface area (Å²) in [4.78, 5) is 28.6. The van der Waals surface area contributed by atoms with Crippen LogP contribution in [0.15, 0.2) is 18.3 Å². The van der Waals surface area contributed by atoms with Gasteiger partial charge in [0.05, 0.1) is 12.1 Å². The average molecular weight is 468 g/mol. The molecule has 2 heterocycles. The number of ether oxygens (including phenoxy) is 1. The van der Waals surface area contributed by atoms with Crippen molar-refractivity contribution in [3.8, 4) is 17.3 Å². The molecule has 2 N–H and O–H groups in total. The molecule has 8 nitrogen and oxygen atoms in total. The third kappa shape index (κ3) is 6.03. The number of fused-ring (bicyclic) bond motifs is 1. The molecule has 0 bridgehead atoms. The van der Waals surface area contributed by atoms with Gasteiger partial charge in [0.25, 0.3) is 0 Å². The van der Waals surface area contributed by atoms with Gasteiger partial charge in [0.1, 0.15) is 23.9 Å². The lowest BCUT2D eigenvalue weighted by Crippen LogP contribution is -2.45. The average Bonchev–Trinajstić information content (AvgIpc) is 3.25. The minimum absolute atomic E-state index is 0.0453. The summed E-state index contributed by atoms with van der Waals surface area (Å²) in [6, 6.07) is 3.63. The van der Waals surface area contributed by atoms with Gasteiger partial charge >= 0.3 is 0 Å². The van der Waals surface area contributed by atoms with Gasteiger partial charge in [0.15, 0.2) is 5.82 Å². The zero-order valence-corrected chi connectivity index (χ0v) is 20.9. The Kier molecular flexibility index (Phi) is 7.07. The number of hydrogen-bond donors (Lipinski definition) is 2. The van der Waals surface area contributed by atoms with Crippen LogP contribution in [0.1, 0.15) is 70.6 Å². The highest BCUT2D eigenvalue weighted by molar-refractivity contribution is 5.82. The molecule has 0 radical (unpaired) electrons. The van der Waals surface area contributed by atoms with Crippen molar-refractivity contribution in [3.05, 3.63) is 29.6 Å². The van der Waals surface area contributed by atoms with Crippen molar-refractivity contribution in [3.63, 3.8) is 0 Å². The Morgan fingerprint density at radius 3 is 2.68 bits per heavy atom. The predicted octanol–water partition coefficient (Wildman–Crippen LogP) is 3.45. The van der Waals surface area contributed by atoms with Crippen molar-refractivity contribution in [1.82, 2.24) is 20.3 Å². The van der Waals surface area contributed by atoms with Crippen molar-refractivity contribution in [2.45, 2.75) is 83.3 Å². The van der Waals surface area contributed by atoms with E-state index in [0.29, 0.717) is 17.3 Å². The highest BCUT2D eigenvalue weighted by Gasteiger charge is 2.30. The van der Waals surface area contributed by atoms with Crippen molar-refractivity contribution >= 4 is 11.7 Å². The standard InChI is InChI=1S/C26H37N5O3/c1-25(2,3)30-22(32)16-31(4)24-19-9-8-10-20(19)28-23(29-24)21-15-18(11-14-27-21)34-17-26(33)12-6-5-7-13-26/h11,14-15,33H,5-10,12-13,16-17H2,1-4H3,(H,30,32). The molecule has 0 spiro atoms. The third-order valence-electron chi connectivity index (χ3n) is 6.42. The predicted molar refractivity (Wildman–Crippen MR) is 132 cm³/mol. The maximum atomic E-state index is 12.5.